The maximum absolute atomic E-state index is 5.06. The summed E-state index contributed by atoms with van der Waals surface area (Å²) in [6.45, 7) is 8.07. The minimum Gasteiger partial charge on any atom is -0.741 e. The van der Waals surface area contributed by atoms with Crippen molar-refractivity contribution in [2.75, 3.05) is 13.1 Å². The van der Waals surface area contributed by atoms with Gasteiger partial charge in [-0.3, -0.25) is 40.8 Å². The van der Waals surface area contributed by atoms with E-state index in [9.17, 15) is 0 Å². The quantitative estimate of drug-likeness (QED) is 0.0659. The van der Waals surface area contributed by atoms with Crippen LogP contribution >= 0.6 is 0 Å². The van der Waals surface area contributed by atoms with Gasteiger partial charge < -0.3 is 25.3 Å². The second-order valence-corrected chi connectivity index (χ2v) is 8.65. The van der Waals surface area contributed by atoms with Crippen molar-refractivity contribution in [3.8, 4) is 0 Å². The molecule has 0 aromatic carbocycles. The van der Waals surface area contributed by atoms with Crippen molar-refractivity contribution in [2.24, 2.45) is 20.2 Å². The van der Waals surface area contributed by atoms with Gasteiger partial charge in [0.1, 0.15) is 11.4 Å². The van der Waals surface area contributed by atoms with E-state index < -0.39 is 0 Å². The Kier molecular flexibility index (Phi) is 16.4. The first kappa shape index (κ1) is 34.6. The number of nitrogens with zero attached hydrogens (tertiary/aromatic N) is 8. The van der Waals surface area contributed by atoms with Gasteiger partial charge in [-0.25, -0.2) is 0 Å². The number of nitrogens with one attached hydrogen (secondary N) is 2. The van der Waals surface area contributed by atoms with Crippen molar-refractivity contribution in [2.45, 2.75) is 0 Å². The zero-order valence-electron chi connectivity index (χ0n) is 23.3. The van der Waals surface area contributed by atoms with Crippen molar-refractivity contribution < 1.29 is 19.5 Å². The van der Waals surface area contributed by atoms with Crippen LogP contribution in [0.5, 0.6) is 0 Å². The Morgan fingerprint density at radius 3 is 1.12 bits per heavy atom. The van der Waals surface area contributed by atoms with Gasteiger partial charge in [0.05, 0.1) is 35.9 Å². The van der Waals surface area contributed by atoms with E-state index in [0.29, 0.717) is 57.6 Å². The van der Waals surface area contributed by atoms with Crippen molar-refractivity contribution in [1.82, 2.24) is 30.8 Å². The maximum atomic E-state index is 5.06. The molecule has 212 valence electrons. The minimum atomic E-state index is 0. The molecule has 0 aliphatic rings. The SMILES string of the molecule is C=CCN=C([S-])NN=C(c1ccccn1)c1ccccn1.C=CCN=C([S-])NN=C(c1ccccn1)c1ccccn1.[Zn+2]. The van der Waals surface area contributed by atoms with Gasteiger partial charge in [-0.05, 0) is 58.9 Å². The van der Waals surface area contributed by atoms with Gasteiger partial charge in [0, 0.05) is 24.8 Å². The van der Waals surface area contributed by atoms with E-state index >= 15 is 0 Å². The van der Waals surface area contributed by atoms with E-state index in [1.807, 2.05) is 72.8 Å². The molecule has 10 nitrogen and oxygen atoms in total. The fraction of sp³-hybridized carbons (Fsp3) is 0.0667. The van der Waals surface area contributed by atoms with E-state index in [1.54, 1.807) is 36.9 Å². The molecule has 0 atom stereocenters. The smallest absolute Gasteiger partial charge is 0.741 e. The average molecular weight is 658 g/mol. The third-order valence-corrected chi connectivity index (χ3v) is 5.33. The number of hydrazone groups is 2. The second-order valence-electron chi connectivity index (χ2n) is 7.87. The molecule has 0 amide bonds. The van der Waals surface area contributed by atoms with Crippen LogP contribution in [0.1, 0.15) is 22.8 Å². The molecule has 4 aromatic heterocycles. The topological polar surface area (TPSA) is 125 Å². The van der Waals surface area contributed by atoms with Crippen LogP contribution in [0, 0.1) is 0 Å². The van der Waals surface area contributed by atoms with Crippen LogP contribution in [0.15, 0.2) is 143 Å². The Bertz CT molecular complexity index is 1320. The van der Waals surface area contributed by atoms with Crippen molar-refractivity contribution in [3.05, 3.63) is 146 Å². The molecule has 0 radical (unpaired) electrons. The van der Waals surface area contributed by atoms with Gasteiger partial charge in [-0.1, -0.05) is 36.4 Å². The van der Waals surface area contributed by atoms with Crippen LogP contribution in [-0.4, -0.2) is 54.8 Å². The summed E-state index contributed by atoms with van der Waals surface area (Å²) in [5.74, 6) is 0. The molecule has 4 heterocycles. The zero-order chi connectivity index (χ0) is 29.8. The molecule has 0 fully saturated rings. The molecule has 0 aliphatic heterocycles. The Morgan fingerprint density at radius 1 is 0.581 bits per heavy atom. The number of aromatic nitrogens is 4. The summed E-state index contributed by atoms with van der Waals surface area (Å²) < 4.78 is 0. The Labute approximate surface area is 275 Å². The van der Waals surface area contributed by atoms with Gasteiger partial charge in [-0.15, -0.1) is 13.2 Å². The molecule has 0 aliphatic carbocycles. The fourth-order valence-corrected chi connectivity index (χ4v) is 3.32. The van der Waals surface area contributed by atoms with Gasteiger partial charge in [0.2, 0.25) is 0 Å². The predicted molar refractivity (Wildman–Crippen MR) is 174 cm³/mol. The average Bonchev–Trinajstić information content (AvgIpc) is 3.05. The van der Waals surface area contributed by atoms with Crippen LogP contribution in [0.4, 0.5) is 0 Å². The van der Waals surface area contributed by atoms with Crippen LogP contribution in [0.3, 0.4) is 0 Å². The molecule has 0 saturated carbocycles. The first-order chi connectivity index (χ1) is 20.6. The van der Waals surface area contributed by atoms with E-state index in [4.69, 9.17) is 25.3 Å². The molecule has 0 bridgehead atoms. The molecule has 43 heavy (non-hydrogen) atoms. The normalized spacial score (nSPS) is 10.5. The molecule has 2 N–H and O–H groups in total. The van der Waals surface area contributed by atoms with E-state index in [1.165, 1.54) is 0 Å². The van der Waals surface area contributed by atoms with Crippen molar-refractivity contribution in [1.29, 1.82) is 0 Å². The summed E-state index contributed by atoms with van der Waals surface area (Å²) in [7, 11) is 0. The van der Waals surface area contributed by atoms with Gasteiger partial charge in [0.25, 0.3) is 0 Å². The standard InChI is InChI=1S/2C15H15N5S.Zn/c2*1-2-9-18-15(21)20-19-14(12-7-3-5-10-16-12)13-8-4-6-11-17-13;/h2*2-8,10-11H,1,9H2,(H2,18,20,21);/q;;+2/p-2. The summed E-state index contributed by atoms with van der Waals surface area (Å²) in [5.41, 5.74) is 9.50. The molecule has 0 spiro atoms. The molecule has 4 aromatic rings. The molecule has 0 unspecified atom stereocenters. The Balaban J connectivity index is 0.000000293. The third-order valence-electron chi connectivity index (χ3n) is 4.88. The molecule has 13 heteroatoms. The van der Waals surface area contributed by atoms with Crippen LogP contribution in [-0.2, 0) is 44.7 Å². The van der Waals surface area contributed by atoms with Crippen LogP contribution in [0.25, 0.3) is 0 Å². The molecular weight excluding hydrogens is 630 g/mol. The Morgan fingerprint density at radius 2 is 0.884 bits per heavy atom. The van der Waals surface area contributed by atoms with Gasteiger partial charge in [-0.2, -0.15) is 10.2 Å². The summed E-state index contributed by atoms with van der Waals surface area (Å²) in [6, 6.07) is 22.4. The molecule has 0 saturated heterocycles. The third kappa shape index (κ3) is 12.4. The van der Waals surface area contributed by atoms with E-state index in [0.717, 1.165) is 0 Å². The number of amidine groups is 2. The number of pyridine rings is 4. The zero-order valence-corrected chi connectivity index (χ0v) is 27.9. The van der Waals surface area contributed by atoms with E-state index in [2.05, 4.69) is 64.1 Å². The number of aliphatic imine (C=N–C) groups is 2. The summed E-state index contributed by atoms with van der Waals surface area (Å²) in [4.78, 5) is 25.3. The first-order valence-electron chi connectivity index (χ1n) is 12.6. The van der Waals surface area contributed by atoms with Crippen LogP contribution < -0.4 is 10.9 Å². The van der Waals surface area contributed by atoms with Crippen molar-refractivity contribution >= 4 is 47.0 Å². The minimum absolute atomic E-state index is 0. The first-order valence-corrected chi connectivity index (χ1v) is 13.4. The summed E-state index contributed by atoms with van der Waals surface area (Å²) in [5, 5.41) is 9.16. The number of hydrogen-bond donors (Lipinski definition) is 2. The van der Waals surface area contributed by atoms with E-state index in [-0.39, 0.29) is 19.5 Å². The fourth-order valence-electron chi connectivity index (χ4n) is 3.08. The molecule has 4 rings (SSSR count). The summed E-state index contributed by atoms with van der Waals surface area (Å²) in [6.07, 6.45) is 10.1. The molecular formula is C30H28N10S2Zn. The monoisotopic (exact) mass is 656 g/mol. The van der Waals surface area contributed by atoms with Crippen LogP contribution in [0.2, 0.25) is 0 Å². The number of rotatable bonds is 10. The second kappa shape index (κ2) is 20.3. The van der Waals surface area contributed by atoms with Gasteiger partial charge >= 0.3 is 19.5 Å². The maximum Gasteiger partial charge on any atom is 2.00 e. The number of hydrogen-bond acceptors (Lipinski definition) is 10. The summed E-state index contributed by atoms with van der Waals surface area (Å²) >= 11 is 10.1. The van der Waals surface area contributed by atoms with Crippen molar-refractivity contribution in [3.63, 3.8) is 0 Å². The predicted octanol–water partition coefficient (Wildman–Crippen LogP) is 3.81. The van der Waals surface area contributed by atoms with Gasteiger partial charge in [0.15, 0.2) is 0 Å². The Hall–Kier alpha value is -4.58. The largest absolute Gasteiger partial charge is 2.00 e.